The topological polar surface area (TPSA) is 27.0 Å². The molecule has 0 aromatic carbocycles. The molecule has 0 amide bonds. The molecule has 0 spiro atoms. The van der Waals surface area contributed by atoms with E-state index in [0.29, 0.717) is 0 Å². The standard InChI is InChI=1S/C8H10N2S/c1-10(2)8(5-9)7-3-4-11-6-7/h3-4,6,8H,1-2H3. The van der Waals surface area contributed by atoms with Crippen LogP contribution in [0, 0.1) is 11.3 Å². The molecule has 0 bridgehead atoms. The van der Waals surface area contributed by atoms with Crippen LogP contribution in [0.2, 0.25) is 0 Å². The van der Waals surface area contributed by atoms with Crippen LogP contribution in [0.15, 0.2) is 16.8 Å². The van der Waals surface area contributed by atoms with Gasteiger partial charge in [-0.15, -0.1) is 0 Å². The molecule has 3 heteroatoms. The molecule has 1 atom stereocenters. The van der Waals surface area contributed by atoms with Gasteiger partial charge in [0.15, 0.2) is 0 Å². The predicted octanol–water partition coefficient (Wildman–Crippen LogP) is 1.87. The summed E-state index contributed by atoms with van der Waals surface area (Å²) in [5.74, 6) is 0. The molecule has 1 unspecified atom stereocenters. The number of nitriles is 1. The van der Waals surface area contributed by atoms with Crippen molar-refractivity contribution in [3.63, 3.8) is 0 Å². The SMILES string of the molecule is CN(C)C(C#N)c1ccsc1. The van der Waals surface area contributed by atoms with Gasteiger partial charge < -0.3 is 0 Å². The summed E-state index contributed by atoms with van der Waals surface area (Å²) in [4.78, 5) is 1.90. The predicted molar refractivity (Wildman–Crippen MR) is 46.4 cm³/mol. The fourth-order valence-electron chi connectivity index (χ4n) is 0.919. The number of hydrogen-bond acceptors (Lipinski definition) is 3. The highest BCUT2D eigenvalue weighted by atomic mass is 32.1. The third-order valence-electron chi connectivity index (χ3n) is 1.50. The molecular weight excluding hydrogens is 156 g/mol. The summed E-state index contributed by atoms with van der Waals surface area (Å²) in [6.45, 7) is 0. The Morgan fingerprint density at radius 3 is 2.73 bits per heavy atom. The molecule has 11 heavy (non-hydrogen) atoms. The third-order valence-corrected chi connectivity index (χ3v) is 2.20. The molecule has 0 saturated carbocycles. The number of rotatable bonds is 2. The molecule has 1 rings (SSSR count). The van der Waals surface area contributed by atoms with E-state index in [1.807, 2.05) is 35.8 Å². The second kappa shape index (κ2) is 3.51. The quantitative estimate of drug-likeness (QED) is 0.670. The molecule has 0 aliphatic heterocycles. The van der Waals surface area contributed by atoms with Crippen molar-refractivity contribution in [3.8, 4) is 6.07 Å². The van der Waals surface area contributed by atoms with E-state index in [1.165, 1.54) is 0 Å². The van der Waals surface area contributed by atoms with E-state index < -0.39 is 0 Å². The maximum absolute atomic E-state index is 8.78. The highest BCUT2D eigenvalue weighted by Crippen LogP contribution is 2.19. The fourth-order valence-corrected chi connectivity index (χ4v) is 1.60. The van der Waals surface area contributed by atoms with Crippen molar-refractivity contribution in [2.24, 2.45) is 0 Å². The average molecular weight is 166 g/mol. The Kier molecular flexibility index (Phi) is 2.64. The Labute approximate surface area is 70.7 Å². The normalized spacial score (nSPS) is 12.9. The lowest BCUT2D eigenvalue weighted by Gasteiger charge is -2.15. The summed E-state index contributed by atoms with van der Waals surface area (Å²) in [5.41, 5.74) is 1.09. The Morgan fingerprint density at radius 1 is 1.64 bits per heavy atom. The van der Waals surface area contributed by atoms with Gasteiger partial charge >= 0.3 is 0 Å². The van der Waals surface area contributed by atoms with E-state index in [-0.39, 0.29) is 6.04 Å². The Hall–Kier alpha value is -0.850. The second-order valence-corrected chi connectivity index (χ2v) is 3.33. The van der Waals surface area contributed by atoms with Gasteiger partial charge in [-0.3, -0.25) is 4.90 Å². The third kappa shape index (κ3) is 1.79. The Balaban J connectivity index is 2.82. The van der Waals surface area contributed by atoms with Crippen LogP contribution in [0.3, 0.4) is 0 Å². The van der Waals surface area contributed by atoms with Gasteiger partial charge in [-0.05, 0) is 36.5 Å². The average Bonchev–Trinajstić information content (AvgIpc) is 2.40. The lowest BCUT2D eigenvalue weighted by molar-refractivity contribution is 0.359. The number of nitrogens with zero attached hydrogens (tertiary/aromatic N) is 2. The summed E-state index contributed by atoms with van der Waals surface area (Å²) in [7, 11) is 3.82. The molecular formula is C8H10N2S. The van der Waals surface area contributed by atoms with Crippen molar-refractivity contribution >= 4 is 11.3 Å². The van der Waals surface area contributed by atoms with Crippen LogP contribution in [0.25, 0.3) is 0 Å². The molecule has 0 radical (unpaired) electrons. The summed E-state index contributed by atoms with van der Waals surface area (Å²) >= 11 is 1.62. The largest absolute Gasteiger partial charge is 0.290 e. The number of hydrogen-bond donors (Lipinski definition) is 0. The molecule has 58 valence electrons. The van der Waals surface area contributed by atoms with Crippen molar-refractivity contribution in [1.29, 1.82) is 5.26 Å². The zero-order valence-corrected chi connectivity index (χ0v) is 7.43. The fraction of sp³-hybridized carbons (Fsp3) is 0.375. The lowest BCUT2D eigenvalue weighted by atomic mass is 10.1. The van der Waals surface area contributed by atoms with Gasteiger partial charge in [0.05, 0.1) is 6.07 Å². The molecule has 1 aromatic rings. The lowest BCUT2D eigenvalue weighted by Crippen LogP contribution is -2.17. The van der Waals surface area contributed by atoms with Crippen molar-refractivity contribution in [1.82, 2.24) is 4.90 Å². The van der Waals surface area contributed by atoms with Gasteiger partial charge in [0, 0.05) is 0 Å². The zero-order valence-electron chi connectivity index (χ0n) is 6.61. The van der Waals surface area contributed by atoms with Crippen molar-refractivity contribution in [3.05, 3.63) is 22.4 Å². The molecule has 2 nitrogen and oxygen atoms in total. The van der Waals surface area contributed by atoms with E-state index in [0.717, 1.165) is 5.56 Å². The molecule has 0 N–H and O–H groups in total. The van der Waals surface area contributed by atoms with Gasteiger partial charge in [0.1, 0.15) is 6.04 Å². The summed E-state index contributed by atoms with van der Waals surface area (Å²) in [5, 5.41) is 12.8. The van der Waals surface area contributed by atoms with Crippen LogP contribution in [-0.4, -0.2) is 19.0 Å². The van der Waals surface area contributed by atoms with Crippen LogP contribution < -0.4 is 0 Å². The molecule has 0 aliphatic carbocycles. The first-order valence-corrected chi connectivity index (χ1v) is 4.28. The first-order chi connectivity index (χ1) is 5.25. The maximum Gasteiger partial charge on any atom is 0.124 e. The molecule has 0 fully saturated rings. The van der Waals surface area contributed by atoms with Gasteiger partial charge in [0.2, 0.25) is 0 Å². The van der Waals surface area contributed by atoms with E-state index in [4.69, 9.17) is 5.26 Å². The molecule has 0 aliphatic rings. The van der Waals surface area contributed by atoms with Crippen LogP contribution in [0.5, 0.6) is 0 Å². The highest BCUT2D eigenvalue weighted by Gasteiger charge is 2.11. The van der Waals surface area contributed by atoms with Crippen LogP contribution in [0.4, 0.5) is 0 Å². The van der Waals surface area contributed by atoms with Crippen molar-refractivity contribution < 1.29 is 0 Å². The zero-order chi connectivity index (χ0) is 8.27. The van der Waals surface area contributed by atoms with E-state index in [1.54, 1.807) is 11.3 Å². The summed E-state index contributed by atoms with van der Waals surface area (Å²) < 4.78 is 0. The summed E-state index contributed by atoms with van der Waals surface area (Å²) in [6.07, 6.45) is 0. The Bertz CT molecular complexity index is 246. The molecule has 1 aromatic heterocycles. The monoisotopic (exact) mass is 166 g/mol. The van der Waals surface area contributed by atoms with E-state index in [9.17, 15) is 0 Å². The second-order valence-electron chi connectivity index (χ2n) is 2.55. The van der Waals surface area contributed by atoms with Crippen LogP contribution in [0.1, 0.15) is 11.6 Å². The minimum atomic E-state index is -0.0961. The Morgan fingerprint density at radius 2 is 2.36 bits per heavy atom. The maximum atomic E-state index is 8.78. The molecule has 1 heterocycles. The van der Waals surface area contributed by atoms with Crippen molar-refractivity contribution in [2.45, 2.75) is 6.04 Å². The number of thiophene rings is 1. The van der Waals surface area contributed by atoms with E-state index >= 15 is 0 Å². The van der Waals surface area contributed by atoms with Gasteiger partial charge in [-0.1, -0.05) is 0 Å². The first-order valence-electron chi connectivity index (χ1n) is 3.34. The van der Waals surface area contributed by atoms with Gasteiger partial charge in [-0.2, -0.15) is 16.6 Å². The minimum Gasteiger partial charge on any atom is -0.290 e. The molecule has 0 saturated heterocycles. The van der Waals surface area contributed by atoms with Crippen molar-refractivity contribution in [2.75, 3.05) is 14.1 Å². The minimum absolute atomic E-state index is 0.0961. The highest BCUT2D eigenvalue weighted by molar-refractivity contribution is 7.07. The van der Waals surface area contributed by atoms with Crippen LogP contribution >= 0.6 is 11.3 Å². The van der Waals surface area contributed by atoms with E-state index in [2.05, 4.69) is 6.07 Å². The summed E-state index contributed by atoms with van der Waals surface area (Å²) in [6, 6.07) is 4.13. The first kappa shape index (κ1) is 8.25. The van der Waals surface area contributed by atoms with Gasteiger partial charge in [0.25, 0.3) is 0 Å². The van der Waals surface area contributed by atoms with Gasteiger partial charge in [-0.25, -0.2) is 0 Å². The van der Waals surface area contributed by atoms with Crippen LogP contribution in [-0.2, 0) is 0 Å². The smallest absolute Gasteiger partial charge is 0.124 e.